The van der Waals surface area contributed by atoms with Crippen LogP contribution in [0.15, 0.2) is 24.3 Å². The molecule has 2 nitrogen and oxygen atoms in total. The van der Waals surface area contributed by atoms with E-state index < -0.39 is 0 Å². The van der Waals surface area contributed by atoms with Crippen LogP contribution in [0.3, 0.4) is 0 Å². The van der Waals surface area contributed by atoms with E-state index in [-0.39, 0.29) is 0 Å². The number of hydrogen-bond acceptors (Lipinski definition) is 2. The molecule has 0 unspecified atom stereocenters. The minimum Gasteiger partial charge on any atom is -0.363 e. The van der Waals surface area contributed by atoms with Crippen LogP contribution in [0.1, 0.15) is 10.4 Å². The Morgan fingerprint density at radius 3 is 2.54 bits per heavy atom. The molecule has 0 radical (unpaired) electrons. The Morgan fingerprint density at radius 2 is 2.08 bits per heavy atom. The highest BCUT2D eigenvalue weighted by molar-refractivity contribution is 5.75. The molecule has 1 aromatic carbocycles. The summed E-state index contributed by atoms with van der Waals surface area (Å²) >= 11 is 0. The monoisotopic (exact) mass is 173 g/mol. The van der Waals surface area contributed by atoms with Gasteiger partial charge in [-0.2, -0.15) is 0 Å². The lowest BCUT2D eigenvalue weighted by atomic mass is 10.2. The highest BCUT2D eigenvalue weighted by atomic mass is 16.1. The molecule has 1 rings (SSSR count). The van der Waals surface area contributed by atoms with Gasteiger partial charge in [-0.3, -0.25) is 4.79 Å². The van der Waals surface area contributed by atoms with Crippen molar-refractivity contribution in [2.75, 3.05) is 18.5 Å². The Morgan fingerprint density at radius 1 is 1.46 bits per heavy atom. The maximum Gasteiger partial charge on any atom is 0.150 e. The normalized spacial score (nSPS) is 8.92. The predicted molar refractivity (Wildman–Crippen MR) is 53.9 cm³/mol. The molecule has 0 aromatic heterocycles. The average molecular weight is 173 g/mol. The molecular formula is C11H11NO. The van der Waals surface area contributed by atoms with Gasteiger partial charge in [0.15, 0.2) is 0 Å². The molecule has 0 bridgehead atoms. The smallest absolute Gasteiger partial charge is 0.150 e. The first-order chi connectivity index (χ1) is 6.27. The van der Waals surface area contributed by atoms with Crippen molar-refractivity contribution >= 4 is 12.0 Å². The van der Waals surface area contributed by atoms with Crippen molar-refractivity contribution in [3.05, 3.63) is 29.8 Å². The van der Waals surface area contributed by atoms with E-state index >= 15 is 0 Å². The number of benzene rings is 1. The van der Waals surface area contributed by atoms with Crippen molar-refractivity contribution in [3.63, 3.8) is 0 Å². The van der Waals surface area contributed by atoms with Crippen LogP contribution in [0.25, 0.3) is 0 Å². The van der Waals surface area contributed by atoms with Gasteiger partial charge in [-0.25, -0.2) is 0 Å². The lowest BCUT2D eigenvalue weighted by Gasteiger charge is -2.15. The summed E-state index contributed by atoms with van der Waals surface area (Å²) < 4.78 is 0. The molecule has 2 heteroatoms. The average Bonchev–Trinajstić information content (AvgIpc) is 2.18. The predicted octanol–water partition coefficient (Wildman–Crippen LogP) is 1.57. The quantitative estimate of drug-likeness (QED) is 0.510. The zero-order valence-corrected chi connectivity index (χ0v) is 7.53. The van der Waals surface area contributed by atoms with E-state index in [0.717, 1.165) is 12.0 Å². The third-order valence-corrected chi connectivity index (χ3v) is 1.80. The zero-order valence-electron chi connectivity index (χ0n) is 7.53. The Bertz CT molecular complexity index is 321. The topological polar surface area (TPSA) is 20.3 Å². The van der Waals surface area contributed by atoms with Crippen molar-refractivity contribution in [3.8, 4) is 12.3 Å². The van der Waals surface area contributed by atoms with E-state index in [0.29, 0.717) is 12.1 Å². The fourth-order valence-corrected chi connectivity index (χ4v) is 1.04. The molecule has 1 aromatic rings. The van der Waals surface area contributed by atoms with Gasteiger partial charge in [0.1, 0.15) is 6.29 Å². The number of carbonyl (C=O) groups is 1. The van der Waals surface area contributed by atoms with Gasteiger partial charge in [0.05, 0.1) is 6.54 Å². The number of nitrogens with zero attached hydrogens (tertiary/aromatic N) is 1. The molecule has 0 saturated heterocycles. The van der Waals surface area contributed by atoms with E-state index in [2.05, 4.69) is 5.92 Å². The third-order valence-electron chi connectivity index (χ3n) is 1.80. The summed E-state index contributed by atoms with van der Waals surface area (Å²) in [4.78, 5) is 12.3. The molecule has 0 saturated carbocycles. The minimum atomic E-state index is 0.570. The summed E-state index contributed by atoms with van der Waals surface area (Å²) in [5, 5.41) is 0. The summed E-state index contributed by atoms with van der Waals surface area (Å²) in [7, 11) is 1.91. The summed E-state index contributed by atoms with van der Waals surface area (Å²) in [5.41, 5.74) is 1.70. The number of hydrogen-bond donors (Lipinski definition) is 0. The maximum absolute atomic E-state index is 10.4. The van der Waals surface area contributed by atoms with Gasteiger partial charge in [0.2, 0.25) is 0 Å². The molecule has 0 aliphatic rings. The Labute approximate surface area is 78.2 Å². The second kappa shape index (κ2) is 4.32. The van der Waals surface area contributed by atoms with Crippen molar-refractivity contribution in [2.24, 2.45) is 0 Å². The minimum absolute atomic E-state index is 0.570. The molecule has 0 aliphatic carbocycles. The van der Waals surface area contributed by atoms with Gasteiger partial charge in [0.25, 0.3) is 0 Å². The van der Waals surface area contributed by atoms with Crippen LogP contribution in [-0.4, -0.2) is 19.9 Å². The molecule has 66 valence electrons. The van der Waals surface area contributed by atoms with Gasteiger partial charge < -0.3 is 4.90 Å². The number of terminal acetylenes is 1. The molecule has 0 spiro atoms. The van der Waals surface area contributed by atoms with Crippen LogP contribution in [0.4, 0.5) is 5.69 Å². The molecular weight excluding hydrogens is 162 g/mol. The Kier molecular flexibility index (Phi) is 3.10. The highest BCUT2D eigenvalue weighted by Gasteiger charge is 1.97. The molecule has 0 aliphatic heterocycles. The fourth-order valence-electron chi connectivity index (χ4n) is 1.04. The lowest BCUT2D eigenvalue weighted by molar-refractivity contribution is 0.112. The SMILES string of the molecule is C#CCN(C)c1ccc(C=O)cc1. The van der Waals surface area contributed by atoms with Crippen LogP contribution in [0.2, 0.25) is 0 Å². The first kappa shape index (κ1) is 9.34. The number of aldehydes is 1. The van der Waals surface area contributed by atoms with Gasteiger partial charge in [-0.1, -0.05) is 5.92 Å². The van der Waals surface area contributed by atoms with Crippen molar-refractivity contribution in [1.29, 1.82) is 0 Å². The third kappa shape index (κ3) is 2.34. The first-order valence-corrected chi connectivity index (χ1v) is 3.98. The van der Waals surface area contributed by atoms with Gasteiger partial charge in [-0.05, 0) is 24.3 Å². The van der Waals surface area contributed by atoms with Gasteiger partial charge in [0, 0.05) is 18.3 Å². The Hall–Kier alpha value is -1.75. The largest absolute Gasteiger partial charge is 0.363 e. The van der Waals surface area contributed by atoms with Crippen molar-refractivity contribution in [1.82, 2.24) is 0 Å². The fraction of sp³-hybridized carbons (Fsp3) is 0.182. The summed E-state index contributed by atoms with van der Waals surface area (Å²) in [6.45, 7) is 0.570. The summed E-state index contributed by atoms with van der Waals surface area (Å²) in [5.74, 6) is 2.55. The number of carbonyl (C=O) groups excluding carboxylic acids is 1. The zero-order chi connectivity index (χ0) is 9.68. The lowest BCUT2D eigenvalue weighted by Crippen LogP contribution is -2.16. The van der Waals surface area contributed by atoms with Gasteiger partial charge >= 0.3 is 0 Å². The molecule has 0 atom stereocenters. The molecule has 0 amide bonds. The number of rotatable bonds is 3. The van der Waals surface area contributed by atoms with E-state index in [1.807, 2.05) is 24.1 Å². The van der Waals surface area contributed by atoms with Crippen LogP contribution in [0.5, 0.6) is 0 Å². The summed E-state index contributed by atoms with van der Waals surface area (Å²) in [6.07, 6.45) is 6.00. The van der Waals surface area contributed by atoms with E-state index in [1.54, 1.807) is 12.1 Å². The molecule has 0 N–H and O–H groups in total. The van der Waals surface area contributed by atoms with E-state index in [9.17, 15) is 4.79 Å². The summed E-state index contributed by atoms with van der Waals surface area (Å²) in [6, 6.07) is 7.30. The Balaban J connectivity index is 2.80. The molecule has 0 fully saturated rings. The van der Waals surface area contributed by atoms with Gasteiger partial charge in [-0.15, -0.1) is 6.42 Å². The van der Waals surface area contributed by atoms with E-state index in [1.165, 1.54) is 0 Å². The van der Waals surface area contributed by atoms with Crippen LogP contribution < -0.4 is 4.90 Å². The van der Waals surface area contributed by atoms with E-state index in [4.69, 9.17) is 6.42 Å². The number of anilines is 1. The van der Waals surface area contributed by atoms with Crippen LogP contribution in [-0.2, 0) is 0 Å². The molecule has 13 heavy (non-hydrogen) atoms. The first-order valence-electron chi connectivity index (χ1n) is 3.98. The molecule has 0 heterocycles. The standard InChI is InChI=1S/C11H11NO/c1-3-8-12(2)11-6-4-10(9-13)5-7-11/h1,4-7,9H,8H2,2H3. The van der Waals surface area contributed by atoms with Crippen molar-refractivity contribution in [2.45, 2.75) is 0 Å². The van der Waals surface area contributed by atoms with Crippen LogP contribution in [0, 0.1) is 12.3 Å². The maximum atomic E-state index is 10.4. The second-order valence-corrected chi connectivity index (χ2v) is 2.77. The van der Waals surface area contributed by atoms with Crippen LogP contribution >= 0.6 is 0 Å². The highest BCUT2D eigenvalue weighted by Crippen LogP contribution is 2.11. The van der Waals surface area contributed by atoms with Crippen molar-refractivity contribution < 1.29 is 4.79 Å². The second-order valence-electron chi connectivity index (χ2n) is 2.77.